The van der Waals surface area contributed by atoms with E-state index in [4.69, 9.17) is 0 Å². The fourth-order valence-corrected chi connectivity index (χ4v) is 2.81. The molecule has 0 amide bonds. The molecule has 4 nitrogen and oxygen atoms in total. The van der Waals surface area contributed by atoms with Gasteiger partial charge in [-0.1, -0.05) is 19.9 Å². The van der Waals surface area contributed by atoms with Crippen molar-refractivity contribution in [1.29, 1.82) is 0 Å². The Balaban J connectivity index is 2.57. The number of pyridine rings is 1. The van der Waals surface area contributed by atoms with E-state index in [-0.39, 0.29) is 5.92 Å². The molecular formula is C13H14N2O2S. The van der Waals surface area contributed by atoms with Crippen molar-refractivity contribution in [2.75, 3.05) is 0 Å². The van der Waals surface area contributed by atoms with Gasteiger partial charge in [0.15, 0.2) is 0 Å². The molecule has 5 heteroatoms. The third kappa shape index (κ3) is 2.26. The van der Waals surface area contributed by atoms with Gasteiger partial charge in [-0.05, 0) is 24.5 Å². The van der Waals surface area contributed by atoms with Gasteiger partial charge in [0, 0.05) is 6.20 Å². The van der Waals surface area contributed by atoms with Crippen LogP contribution in [0.2, 0.25) is 0 Å². The fraction of sp³-hybridized carbons (Fsp3) is 0.308. The number of rotatable bonds is 3. The van der Waals surface area contributed by atoms with Crippen LogP contribution in [-0.2, 0) is 0 Å². The maximum Gasteiger partial charge on any atom is 0.347 e. The second kappa shape index (κ2) is 4.86. The average molecular weight is 262 g/mol. The van der Waals surface area contributed by atoms with Crippen LogP contribution in [0.4, 0.5) is 0 Å². The summed E-state index contributed by atoms with van der Waals surface area (Å²) in [5.74, 6) is -0.832. The van der Waals surface area contributed by atoms with Crippen molar-refractivity contribution < 1.29 is 9.90 Å². The zero-order chi connectivity index (χ0) is 13.3. The highest BCUT2D eigenvalue weighted by atomic mass is 32.1. The van der Waals surface area contributed by atoms with E-state index in [2.05, 4.69) is 9.97 Å². The monoisotopic (exact) mass is 262 g/mol. The number of hydrogen-bond acceptors (Lipinski definition) is 4. The fourth-order valence-electron chi connectivity index (χ4n) is 1.69. The zero-order valence-corrected chi connectivity index (χ0v) is 11.3. The number of carboxylic acids is 1. The standard InChI is InChI=1S/C13H14N2O2S/c1-7(2)9-11(13(16)17)18-12(15-9)10-8(3)5-4-6-14-10/h4-7H,1-3H3,(H,16,17). The van der Waals surface area contributed by atoms with Crippen LogP contribution in [0.15, 0.2) is 18.3 Å². The summed E-state index contributed by atoms with van der Waals surface area (Å²) < 4.78 is 0. The molecule has 0 fully saturated rings. The van der Waals surface area contributed by atoms with Crippen LogP contribution in [0.5, 0.6) is 0 Å². The summed E-state index contributed by atoms with van der Waals surface area (Å²) in [5, 5.41) is 9.87. The summed E-state index contributed by atoms with van der Waals surface area (Å²) in [6.07, 6.45) is 1.69. The van der Waals surface area contributed by atoms with Crippen molar-refractivity contribution >= 4 is 17.3 Å². The van der Waals surface area contributed by atoms with Crippen LogP contribution in [0.1, 0.15) is 40.7 Å². The molecule has 0 aliphatic carbocycles. The SMILES string of the molecule is Cc1cccnc1-c1nc(C(C)C)c(C(=O)O)s1. The van der Waals surface area contributed by atoms with E-state index in [1.165, 1.54) is 11.3 Å². The number of nitrogens with zero attached hydrogens (tertiary/aromatic N) is 2. The molecule has 2 aromatic heterocycles. The van der Waals surface area contributed by atoms with Crippen molar-refractivity contribution in [1.82, 2.24) is 9.97 Å². The normalized spacial score (nSPS) is 10.9. The molecule has 18 heavy (non-hydrogen) atoms. The predicted molar refractivity (Wildman–Crippen MR) is 71.1 cm³/mol. The Kier molecular flexibility index (Phi) is 3.43. The molecule has 1 N–H and O–H groups in total. The average Bonchev–Trinajstić information content (AvgIpc) is 2.74. The van der Waals surface area contributed by atoms with Crippen molar-refractivity contribution in [3.63, 3.8) is 0 Å². The lowest BCUT2D eigenvalue weighted by Crippen LogP contribution is -2.00. The molecular weight excluding hydrogens is 248 g/mol. The number of hydrogen-bond donors (Lipinski definition) is 1. The molecule has 0 bridgehead atoms. The number of aryl methyl sites for hydroxylation is 1. The number of aromatic nitrogens is 2. The van der Waals surface area contributed by atoms with Crippen LogP contribution in [0.25, 0.3) is 10.7 Å². The largest absolute Gasteiger partial charge is 0.477 e. The lowest BCUT2D eigenvalue weighted by molar-refractivity contribution is 0.0700. The lowest BCUT2D eigenvalue weighted by atomic mass is 10.1. The van der Waals surface area contributed by atoms with E-state index in [1.54, 1.807) is 6.20 Å². The molecule has 0 radical (unpaired) electrons. The van der Waals surface area contributed by atoms with Gasteiger partial charge in [0.05, 0.1) is 5.69 Å². The smallest absolute Gasteiger partial charge is 0.347 e. The Morgan fingerprint density at radius 2 is 2.17 bits per heavy atom. The van der Waals surface area contributed by atoms with Gasteiger partial charge in [-0.15, -0.1) is 11.3 Å². The molecule has 2 aromatic rings. The van der Waals surface area contributed by atoms with Crippen LogP contribution in [0, 0.1) is 6.92 Å². The molecule has 0 unspecified atom stereocenters. The van der Waals surface area contributed by atoms with Crippen LogP contribution in [0.3, 0.4) is 0 Å². The Bertz CT molecular complexity index is 590. The topological polar surface area (TPSA) is 63.1 Å². The van der Waals surface area contributed by atoms with E-state index in [1.807, 2.05) is 32.9 Å². The van der Waals surface area contributed by atoms with Gasteiger partial charge in [0.2, 0.25) is 0 Å². The molecule has 0 aromatic carbocycles. The Morgan fingerprint density at radius 1 is 1.44 bits per heavy atom. The first-order valence-electron chi connectivity index (χ1n) is 5.66. The molecule has 0 aliphatic heterocycles. The van der Waals surface area contributed by atoms with E-state index in [0.717, 1.165) is 11.3 Å². The maximum atomic E-state index is 11.2. The van der Waals surface area contributed by atoms with Crippen molar-refractivity contribution in [2.45, 2.75) is 26.7 Å². The molecule has 0 aliphatic rings. The van der Waals surface area contributed by atoms with Gasteiger partial charge in [-0.3, -0.25) is 4.98 Å². The molecule has 0 atom stereocenters. The second-order valence-electron chi connectivity index (χ2n) is 4.36. The van der Waals surface area contributed by atoms with E-state index in [9.17, 15) is 9.90 Å². The minimum atomic E-state index is -0.920. The number of thiazole rings is 1. The Morgan fingerprint density at radius 3 is 2.67 bits per heavy atom. The maximum absolute atomic E-state index is 11.2. The molecule has 94 valence electrons. The molecule has 0 saturated carbocycles. The zero-order valence-electron chi connectivity index (χ0n) is 10.5. The van der Waals surface area contributed by atoms with Crippen molar-refractivity contribution in [3.8, 4) is 10.7 Å². The van der Waals surface area contributed by atoms with Gasteiger partial charge in [-0.25, -0.2) is 9.78 Å². The minimum absolute atomic E-state index is 0.0881. The Labute approximate surface area is 109 Å². The van der Waals surface area contributed by atoms with Crippen LogP contribution >= 0.6 is 11.3 Å². The third-order valence-corrected chi connectivity index (χ3v) is 3.67. The number of carbonyl (C=O) groups is 1. The second-order valence-corrected chi connectivity index (χ2v) is 5.36. The predicted octanol–water partition coefficient (Wildman–Crippen LogP) is 3.34. The van der Waals surface area contributed by atoms with Gasteiger partial charge >= 0.3 is 5.97 Å². The van der Waals surface area contributed by atoms with Crippen molar-refractivity contribution in [3.05, 3.63) is 34.5 Å². The molecule has 2 rings (SSSR count). The van der Waals surface area contributed by atoms with Crippen LogP contribution in [-0.4, -0.2) is 21.0 Å². The summed E-state index contributed by atoms with van der Waals surface area (Å²) in [5.41, 5.74) is 2.39. The first-order valence-corrected chi connectivity index (χ1v) is 6.48. The number of carboxylic acid groups (broad SMARTS) is 1. The highest BCUT2D eigenvalue weighted by molar-refractivity contribution is 7.17. The first-order chi connectivity index (χ1) is 8.50. The quantitative estimate of drug-likeness (QED) is 0.921. The summed E-state index contributed by atoms with van der Waals surface area (Å²) in [4.78, 5) is 20.2. The van der Waals surface area contributed by atoms with Crippen LogP contribution < -0.4 is 0 Å². The van der Waals surface area contributed by atoms with Gasteiger partial charge in [0.1, 0.15) is 15.6 Å². The highest BCUT2D eigenvalue weighted by Gasteiger charge is 2.21. The minimum Gasteiger partial charge on any atom is -0.477 e. The summed E-state index contributed by atoms with van der Waals surface area (Å²) in [7, 11) is 0. The third-order valence-electron chi connectivity index (χ3n) is 2.61. The molecule has 0 spiro atoms. The summed E-state index contributed by atoms with van der Waals surface area (Å²) in [6.45, 7) is 5.83. The Hall–Kier alpha value is -1.75. The first kappa shape index (κ1) is 12.7. The van der Waals surface area contributed by atoms with E-state index < -0.39 is 5.97 Å². The molecule has 0 saturated heterocycles. The van der Waals surface area contributed by atoms with Gasteiger partial charge in [0.25, 0.3) is 0 Å². The summed E-state index contributed by atoms with van der Waals surface area (Å²) >= 11 is 1.19. The van der Waals surface area contributed by atoms with Gasteiger partial charge in [-0.2, -0.15) is 0 Å². The van der Waals surface area contributed by atoms with Gasteiger partial charge < -0.3 is 5.11 Å². The molecule has 2 heterocycles. The number of aromatic carboxylic acids is 1. The van der Waals surface area contributed by atoms with Crippen molar-refractivity contribution in [2.24, 2.45) is 0 Å². The highest BCUT2D eigenvalue weighted by Crippen LogP contribution is 2.32. The van der Waals surface area contributed by atoms with E-state index in [0.29, 0.717) is 15.6 Å². The summed E-state index contributed by atoms with van der Waals surface area (Å²) in [6, 6.07) is 3.80. The van der Waals surface area contributed by atoms with E-state index >= 15 is 0 Å². The lowest BCUT2D eigenvalue weighted by Gasteiger charge is -2.01.